The number of fused-ring (bicyclic) bond motifs is 1. The summed E-state index contributed by atoms with van der Waals surface area (Å²) in [7, 11) is 0. The number of carbonyl (C=O) groups is 1. The number of nitrogen functional groups attached to an aromatic ring is 1. The van der Waals surface area contributed by atoms with Crippen LogP contribution in [-0.2, 0) is 6.42 Å². The first-order valence-corrected chi connectivity index (χ1v) is 11.0. The number of carbonyl (C=O) groups excluding carboxylic acids is 1. The van der Waals surface area contributed by atoms with E-state index >= 15 is 0 Å². The van der Waals surface area contributed by atoms with Crippen molar-refractivity contribution < 1.29 is 4.79 Å². The van der Waals surface area contributed by atoms with Crippen molar-refractivity contribution in [1.29, 1.82) is 5.26 Å². The molecule has 1 heterocycles. The maximum atomic E-state index is 13.4. The van der Waals surface area contributed by atoms with Crippen LogP contribution in [0.15, 0.2) is 103 Å². The number of ketones is 1. The Morgan fingerprint density at radius 3 is 2.21 bits per heavy atom. The standard InChI is InChI=1S/C30H21N3O/c31-19-26-28(24-17-9-15-20-10-7-8-16-23(20)24)25(18-27(34)21-11-3-1-4-12-21)29(33-30(26)32)22-13-5-2-6-14-22/h1-17H,18H2,(H2,32,33). The Balaban J connectivity index is 1.84. The number of Topliss-reactive ketones (excluding diaryl/α,β-unsaturated/α-hetero) is 1. The van der Waals surface area contributed by atoms with Gasteiger partial charge in [-0.25, -0.2) is 4.98 Å². The van der Waals surface area contributed by atoms with Crippen LogP contribution < -0.4 is 5.73 Å². The molecule has 5 aromatic rings. The van der Waals surface area contributed by atoms with Crippen molar-refractivity contribution in [1.82, 2.24) is 4.98 Å². The lowest BCUT2D eigenvalue weighted by atomic mass is 9.86. The molecule has 0 atom stereocenters. The zero-order chi connectivity index (χ0) is 23.5. The van der Waals surface area contributed by atoms with E-state index in [9.17, 15) is 10.1 Å². The highest BCUT2D eigenvalue weighted by Gasteiger charge is 2.24. The van der Waals surface area contributed by atoms with Crippen LogP contribution in [0.1, 0.15) is 21.5 Å². The maximum Gasteiger partial charge on any atom is 0.167 e. The van der Waals surface area contributed by atoms with E-state index in [2.05, 4.69) is 11.1 Å². The SMILES string of the molecule is N#Cc1c(N)nc(-c2ccccc2)c(CC(=O)c2ccccc2)c1-c1cccc2ccccc12. The number of nitrogens with zero attached hydrogens (tertiary/aromatic N) is 2. The van der Waals surface area contributed by atoms with Gasteiger partial charge in [-0.3, -0.25) is 4.79 Å². The average molecular weight is 440 g/mol. The van der Waals surface area contributed by atoms with Gasteiger partial charge in [-0.1, -0.05) is 103 Å². The van der Waals surface area contributed by atoms with Crippen LogP contribution in [0.4, 0.5) is 5.82 Å². The minimum Gasteiger partial charge on any atom is -0.383 e. The van der Waals surface area contributed by atoms with Crippen LogP contribution >= 0.6 is 0 Å². The van der Waals surface area contributed by atoms with Gasteiger partial charge in [0.1, 0.15) is 17.5 Å². The predicted molar refractivity (Wildman–Crippen MR) is 136 cm³/mol. The molecule has 34 heavy (non-hydrogen) atoms. The first kappa shape index (κ1) is 21.1. The van der Waals surface area contributed by atoms with Crippen LogP contribution in [0.5, 0.6) is 0 Å². The third-order valence-electron chi connectivity index (χ3n) is 5.98. The quantitative estimate of drug-likeness (QED) is 0.319. The second kappa shape index (κ2) is 9.01. The molecular weight excluding hydrogens is 418 g/mol. The van der Waals surface area contributed by atoms with E-state index < -0.39 is 0 Å². The number of hydrogen-bond donors (Lipinski definition) is 1. The maximum absolute atomic E-state index is 13.4. The Morgan fingerprint density at radius 1 is 0.824 bits per heavy atom. The third kappa shape index (κ3) is 3.80. The molecule has 4 aromatic carbocycles. The molecule has 0 aliphatic rings. The molecule has 0 radical (unpaired) electrons. The summed E-state index contributed by atoms with van der Waals surface area (Å²) in [5.74, 6) is 0.106. The average Bonchev–Trinajstić information content (AvgIpc) is 2.90. The molecule has 1 aromatic heterocycles. The molecule has 5 rings (SSSR count). The van der Waals surface area contributed by atoms with Crippen LogP contribution in [0.3, 0.4) is 0 Å². The Kier molecular flexibility index (Phi) is 5.60. The Labute approximate surface area is 197 Å². The van der Waals surface area contributed by atoms with Crippen molar-refractivity contribution >= 4 is 22.4 Å². The molecule has 162 valence electrons. The smallest absolute Gasteiger partial charge is 0.167 e. The molecule has 0 amide bonds. The topological polar surface area (TPSA) is 79.8 Å². The Bertz CT molecular complexity index is 1550. The number of rotatable bonds is 5. The summed E-state index contributed by atoms with van der Waals surface area (Å²) in [5, 5.41) is 12.1. The molecule has 0 saturated heterocycles. The summed E-state index contributed by atoms with van der Waals surface area (Å²) in [6, 6.07) is 35.1. The van der Waals surface area contributed by atoms with Crippen LogP contribution in [-0.4, -0.2) is 10.8 Å². The fraction of sp³-hybridized carbons (Fsp3) is 0.0333. The van der Waals surface area contributed by atoms with E-state index in [0.29, 0.717) is 22.4 Å². The fourth-order valence-corrected chi connectivity index (χ4v) is 4.39. The molecule has 0 aliphatic carbocycles. The zero-order valence-corrected chi connectivity index (χ0v) is 18.4. The molecule has 0 unspecified atom stereocenters. The monoisotopic (exact) mass is 439 g/mol. The first-order chi connectivity index (χ1) is 16.7. The minimum atomic E-state index is -0.0465. The van der Waals surface area contributed by atoms with Crippen LogP contribution in [0, 0.1) is 11.3 Å². The summed E-state index contributed by atoms with van der Waals surface area (Å²) in [4.78, 5) is 18.0. The lowest BCUT2D eigenvalue weighted by molar-refractivity contribution is 0.0993. The minimum absolute atomic E-state index is 0.0465. The van der Waals surface area contributed by atoms with Gasteiger partial charge in [-0.2, -0.15) is 5.26 Å². The van der Waals surface area contributed by atoms with Crippen LogP contribution in [0.25, 0.3) is 33.2 Å². The van der Waals surface area contributed by atoms with Gasteiger partial charge in [-0.05, 0) is 21.9 Å². The van der Waals surface area contributed by atoms with E-state index in [1.165, 1.54) is 0 Å². The number of pyridine rings is 1. The van der Waals surface area contributed by atoms with Crippen molar-refractivity contribution in [2.24, 2.45) is 0 Å². The first-order valence-electron chi connectivity index (χ1n) is 11.0. The summed E-state index contributed by atoms with van der Waals surface area (Å²) < 4.78 is 0. The number of hydrogen-bond acceptors (Lipinski definition) is 4. The van der Waals surface area contributed by atoms with E-state index in [4.69, 9.17) is 5.73 Å². The largest absolute Gasteiger partial charge is 0.383 e. The van der Waals surface area contributed by atoms with Crippen molar-refractivity contribution in [2.45, 2.75) is 6.42 Å². The normalized spacial score (nSPS) is 10.7. The molecule has 4 heteroatoms. The Morgan fingerprint density at radius 2 is 1.47 bits per heavy atom. The molecule has 2 N–H and O–H groups in total. The third-order valence-corrected chi connectivity index (χ3v) is 5.98. The van der Waals surface area contributed by atoms with Crippen molar-refractivity contribution in [2.75, 3.05) is 5.73 Å². The molecular formula is C30H21N3O. The number of aromatic nitrogens is 1. The van der Waals surface area contributed by atoms with Gasteiger partial charge in [0.2, 0.25) is 0 Å². The van der Waals surface area contributed by atoms with E-state index in [-0.39, 0.29) is 23.6 Å². The number of benzene rings is 4. The van der Waals surface area contributed by atoms with Crippen molar-refractivity contribution in [3.05, 3.63) is 120 Å². The van der Waals surface area contributed by atoms with Crippen molar-refractivity contribution in [3.63, 3.8) is 0 Å². The van der Waals surface area contributed by atoms with Gasteiger partial charge >= 0.3 is 0 Å². The molecule has 0 saturated carbocycles. The molecule has 0 fully saturated rings. The highest BCUT2D eigenvalue weighted by Crippen LogP contribution is 2.40. The highest BCUT2D eigenvalue weighted by atomic mass is 16.1. The summed E-state index contributed by atoms with van der Waals surface area (Å²) in [6.07, 6.45) is 0.0920. The summed E-state index contributed by atoms with van der Waals surface area (Å²) in [5.41, 5.74) is 10.9. The Hall–Kier alpha value is -4.75. The number of nitriles is 1. The lowest BCUT2D eigenvalue weighted by Crippen LogP contribution is -2.11. The zero-order valence-electron chi connectivity index (χ0n) is 18.4. The second-order valence-electron chi connectivity index (χ2n) is 8.04. The van der Waals surface area contributed by atoms with Gasteiger partial charge in [0, 0.05) is 23.1 Å². The van der Waals surface area contributed by atoms with Gasteiger partial charge in [0.05, 0.1) is 5.69 Å². The summed E-state index contributed by atoms with van der Waals surface area (Å²) >= 11 is 0. The predicted octanol–water partition coefficient (Wildman–Crippen LogP) is 6.45. The van der Waals surface area contributed by atoms with Gasteiger partial charge in [0.25, 0.3) is 0 Å². The van der Waals surface area contributed by atoms with Crippen molar-refractivity contribution in [3.8, 4) is 28.5 Å². The number of anilines is 1. The molecule has 0 bridgehead atoms. The van der Waals surface area contributed by atoms with E-state index in [1.54, 1.807) is 12.1 Å². The molecule has 0 spiro atoms. The molecule has 0 aliphatic heterocycles. The molecule has 4 nitrogen and oxygen atoms in total. The lowest BCUT2D eigenvalue weighted by Gasteiger charge is -2.19. The fourth-order valence-electron chi connectivity index (χ4n) is 4.39. The second-order valence-corrected chi connectivity index (χ2v) is 8.04. The van der Waals surface area contributed by atoms with Gasteiger partial charge in [0.15, 0.2) is 5.78 Å². The van der Waals surface area contributed by atoms with Gasteiger partial charge in [-0.15, -0.1) is 0 Å². The van der Waals surface area contributed by atoms with Crippen LogP contribution in [0.2, 0.25) is 0 Å². The van der Waals surface area contributed by atoms with E-state index in [1.807, 2.05) is 91.0 Å². The van der Waals surface area contributed by atoms with Gasteiger partial charge < -0.3 is 5.73 Å². The number of nitrogens with two attached hydrogens (primary N) is 1. The highest BCUT2D eigenvalue weighted by molar-refractivity contribution is 6.04. The summed E-state index contributed by atoms with van der Waals surface area (Å²) in [6.45, 7) is 0. The van der Waals surface area contributed by atoms with E-state index in [0.717, 1.165) is 21.9 Å².